The molecule has 2 heterocycles. The van der Waals surface area contributed by atoms with Gasteiger partial charge in [0.1, 0.15) is 5.82 Å². The molecule has 1 fully saturated rings. The highest BCUT2D eigenvalue weighted by atomic mass is 19.1. The van der Waals surface area contributed by atoms with Gasteiger partial charge in [-0.25, -0.2) is 4.39 Å². The molecule has 1 saturated heterocycles. The van der Waals surface area contributed by atoms with Crippen LogP contribution in [0.1, 0.15) is 5.56 Å². The molecule has 1 aromatic heterocycles. The van der Waals surface area contributed by atoms with E-state index in [2.05, 4.69) is 16.9 Å². The van der Waals surface area contributed by atoms with Gasteiger partial charge in [0.05, 0.1) is 6.42 Å². The highest BCUT2D eigenvalue weighted by molar-refractivity contribution is 5.89. The van der Waals surface area contributed by atoms with Gasteiger partial charge in [0.15, 0.2) is 0 Å². The minimum absolute atomic E-state index is 0.0715. The molecule has 0 saturated carbocycles. The van der Waals surface area contributed by atoms with Gasteiger partial charge < -0.3 is 14.8 Å². The molecule has 106 valence electrons. The lowest BCUT2D eigenvalue weighted by molar-refractivity contribution is -0.132. The predicted molar refractivity (Wildman–Crippen MR) is 76.0 cm³/mol. The van der Waals surface area contributed by atoms with Gasteiger partial charge in [0.25, 0.3) is 0 Å². The zero-order valence-corrected chi connectivity index (χ0v) is 11.5. The van der Waals surface area contributed by atoms with Gasteiger partial charge in [-0.1, -0.05) is 6.07 Å². The first-order chi connectivity index (χ1) is 9.65. The minimum Gasteiger partial charge on any atom is -0.361 e. The van der Waals surface area contributed by atoms with E-state index in [0.29, 0.717) is 5.39 Å². The fourth-order valence-electron chi connectivity index (χ4n) is 2.68. The molecule has 0 bridgehead atoms. The Labute approximate surface area is 117 Å². The van der Waals surface area contributed by atoms with E-state index in [9.17, 15) is 9.18 Å². The number of nitrogens with one attached hydrogen (secondary N) is 1. The normalized spacial score (nSPS) is 16.8. The topological polar surface area (TPSA) is 39.3 Å². The van der Waals surface area contributed by atoms with Gasteiger partial charge in [-0.15, -0.1) is 0 Å². The van der Waals surface area contributed by atoms with Crippen LogP contribution in [0.5, 0.6) is 0 Å². The summed E-state index contributed by atoms with van der Waals surface area (Å²) in [4.78, 5) is 19.4. The molecule has 5 heteroatoms. The number of hydrogen-bond acceptors (Lipinski definition) is 2. The largest absolute Gasteiger partial charge is 0.361 e. The number of nitrogens with zero attached hydrogens (tertiary/aromatic N) is 2. The van der Waals surface area contributed by atoms with E-state index in [4.69, 9.17) is 0 Å². The highest BCUT2D eigenvalue weighted by Gasteiger charge is 2.20. The van der Waals surface area contributed by atoms with Gasteiger partial charge in [-0.05, 0) is 24.7 Å². The molecule has 1 N–H and O–H groups in total. The van der Waals surface area contributed by atoms with Crippen LogP contribution >= 0.6 is 0 Å². The average Bonchev–Trinajstić information content (AvgIpc) is 2.84. The lowest BCUT2D eigenvalue weighted by Crippen LogP contribution is -2.47. The van der Waals surface area contributed by atoms with Crippen LogP contribution in [0.15, 0.2) is 24.4 Å². The van der Waals surface area contributed by atoms with Gasteiger partial charge in [-0.2, -0.15) is 0 Å². The number of carbonyl (C=O) groups is 1. The van der Waals surface area contributed by atoms with Crippen molar-refractivity contribution in [2.75, 3.05) is 33.2 Å². The van der Waals surface area contributed by atoms with Crippen molar-refractivity contribution < 1.29 is 9.18 Å². The number of hydrogen-bond donors (Lipinski definition) is 1. The Morgan fingerprint density at radius 1 is 1.30 bits per heavy atom. The van der Waals surface area contributed by atoms with Gasteiger partial charge >= 0.3 is 0 Å². The first-order valence-corrected chi connectivity index (χ1v) is 6.86. The number of benzene rings is 1. The quantitative estimate of drug-likeness (QED) is 0.904. The fourth-order valence-corrected chi connectivity index (χ4v) is 2.68. The van der Waals surface area contributed by atoms with E-state index in [1.54, 1.807) is 12.3 Å². The molecule has 0 aliphatic carbocycles. The number of aromatic nitrogens is 1. The third kappa shape index (κ3) is 2.41. The maximum absolute atomic E-state index is 13.9. The number of amides is 1. The monoisotopic (exact) mass is 275 g/mol. The first-order valence-electron chi connectivity index (χ1n) is 6.86. The standard InChI is InChI=1S/C15H18FN3O/c1-18-5-7-19(8-6-18)14(20)9-11-10-17-13-4-2-3-12(16)15(11)13/h2-4,10,17H,5-9H2,1H3. The van der Waals surface area contributed by atoms with Crippen LogP contribution < -0.4 is 0 Å². The molecular formula is C15H18FN3O. The summed E-state index contributed by atoms with van der Waals surface area (Å²) in [6, 6.07) is 4.92. The van der Waals surface area contributed by atoms with E-state index in [0.717, 1.165) is 37.3 Å². The summed E-state index contributed by atoms with van der Waals surface area (Å²) < 4.78 is 13.9. The summed E-state index contributed by atoms with van der Waals surface area (Å²) in [7, 11) is 2.05. The fraction of sp³-hybridized carbons (Fsp3) is 0.400. The zero-order chi connectivity index (χ0) is 14.1. The number of rotatable bonds is 2. The number of aromatic amines is 1. The zero-order valence-electron chi connectivity index (χ0n) is 11.5. The summed E-state index contributed by atoms with van der Waals surface area (Å²) in [5, 5.41) is 0.537. The molecule has 4 nitrogen and oxygen atoms in total. The summed E-state index contributed by atoms with van der Waals surface area (Å²) in [6.07, 6.45) is 1.99. The Balaban J connectivity index is 1.78. The molecule has 2 aromatic rings. The lowest BCUT2D eigenvalue weighted by atomic mass is 10.1. The van der Waals surface area contributed by atoms with Crippen molar-refractivity contribution in [2.45, 2.75) is 6.42 Å². The number of piperazine rings is 1. The van der Waals surface area contributed by atoms with Crippen molar-refractivity contribution in [1.82, 2.24) is 14.8 Å². The molecule has 1 amide bonds. The average molecular weight is 275 g/mol. The minimum atomic E-state index is -0.273. The van der Waals surface area contributed by atoms with Crippen molar-refractivity contribution in [3.8, 4) is 0 Å². The smallest absolute Gasteiger partial charge is 0.227 e. The van der Waals surface area contributed by atoms with Crippen molar-refractivity contribution >= 4 is 16.8 Å². The summed E-state index contributed by atoms with van der Waals surface area (Å²) >= 11 is 0. The molecule has 0 unspecified atom stereocenters. The lowest BCUT2D eigenvalue weighted by Gasteiger charge is -2.32. The number of halogens is 1. The van der Waals surface area contributed by atoms with Crippen LogP contribution in [0.4, 0.5) is 4.39 Å². The van der Waals surface area contributed by atoms with E-state index < -0.39 is 0 Å². The third-order valence-electron chi connectivity index (χ3n) is 3.93. The Morgan fingerprint density at radius 3 is 2.80 bits per heavy atom. The number of carbonyl (C=O) groups excluding carboxylic acids is 1. The van der Waals surface area contributed by atoms with E-state index in [1.165, 1.54) is 6.07 Å². The molecule has 0 atom stereocenters. The van der Waals surface area contributed by atoms with Crippen LogP contribution in [0.3, 0.4) is 0 Å². The first kappa shape index (κ1) is 13.1. The molecule has 1 aliphatic heterocycles. The maximum Gasteiger partial charge on any atom is 0.227 e. The van der Waals surface area contributed by atoms with Crippen molar-refractivity contribution in [2.24, 2.45) is 0 Å². The second-order valence-corrected chi connectivity index (χ2v) is 5.34. The second kappa shape index (κ2) is 5.25. The number of likely N-dealkylation sites (N-methyl/N-ethyl adjacent to an activating group) is 1. The Hall–Kier alpha value is -1.88. The van der Waals surface area contributed by atoms with Crippen LogP contribution in [0.25, 0.3) is 10.9 Å². The van der Waals surface area contributed by atoms with Gasteiger partial charge in [0.2, 0.25) is 5.91 Å². The molecule has 1 aromatic carbocycles. The van der Waals surface area contributed by atoms with E-state index >= 15 is 0 Å². The van der Waals surface area contributed by atoms with Crippen LogP contribution in [-0.4, -0.2) is 53.9 Å². The summed E-state index contributed by atoms with van der Waals surface area (Å²) in [5.74, 6) is -0.202. The maximum atomic E-state index is 13.9. The van der Waals surface area contributed by atoms with Crippen molar-refractivity contribution in [3.05, 3.63) is 35.8 Å². The molecule has 0 spiro atoms. The Kier molecular flexibility index (Phi) is 3.44. The Morgan fingerprint density at radius 2 is 2.05 bits per heavy atom. The second-order valence-electron chi connectivity index (χ2n) is 5.34. The van der Waals surface area contributed by atoms with E-state index in [-0.39, 0.29) is 18.1 Å². The van der Waals surface area contributed by atoms with Crippen LogP contribution in [0.2, 0.25) is 0 Å². The van der Waals surface area contributed by atoms with Crippen LogP contribution in [-0.2, 0) is 11.2 Å². The summed E-state index contributed by atoms with van der Waals surface area (Å²) in [6.45, 7) is 3.29. The van der Waals surface area contributed by atoms with Crippen LogP contribution in [0, 0.1) is 5.82 Å². The number of fused-ring (bicyclic) bond motifs is 1. The number of H-pyrrole nitrogens is 1. The van der Waals surface area contributed by atoms with Gasteiger partial charge in [-0.3, -0.25) is 4.79 Å². The molecule has 3 rings (SSSR count). The molecule has 0 radical (unpaired) electrons. The third-order valence-corrected chi connectivity index (χ3v) is 3.93. The van der Waals surface area contributed by atoms with Crippen molar-refractivity contribution in [1.29, 1.82) is 0 Å². The molecule has 20 heavy (non-hydrogen) atoms. The molecule has 1 aliphatic rings. The SMILES string of the molecule is CN1CCN(C(=O)Cc2c[nH]c3cccc(F)c23)CC1. The Bertz CT molecular complexity index is 629. The van der Waals surface area contributed by atoms with E-state index in [1.807, 2.05) is 11.0 Å². The molecular weight excluding hydrogens is 257 g/mol. The summed E-state index contributed by atoms with van der Waals surface area (Å²) in [5.41, 5.74) is 1.48. The van der Waals surface area contributed by atoms with Crippen molar-refractivity contribution in [3.63, 3.8) is 0 Å². The predicted octanol–water partition coefficient (Wildman–Crippen LogP) is 1.62. The van der Waals surface area contributed by atoms with Gasteiger partial charge in [0, 0.05) is 43.3 Å². The highest BCUT2D eigenvalue weighted by Crippen LogP contribution is 2.22.